The van der Waals surface area contributed by atoms with E-state index in [0.29, 0.717) is 12.5 Å². The normalized spacial score (nSPS) is 13.3. The van der Waals surface area contributed by atoms with Gasteiger partial charge in [-0.25, -0.2) is 9.37 Å². The number of halogens is 5. The van der Waals surface area contributed by atoms with Gasteiger partial charge in [0.15, 0.2) is 6.67 Å². The molecule has 0 amide bonds. The second kappa shape index (κ2) is 2.97. The van der Waals surface area contributed by atoms with Gasteiger partial charge in [-0.1, -0.05) is 0 Å². The van der Waals surface area contributed by atoms with Crippen LogP contribution in [0.1, 0.15) is 0 Å². The summed E-state index contributed by atoms with van der Waals surface area (Å²) in [5.74, 6) is -4.71. The van der Waals surface area contributed by atoms with Crippen molar-refractivity contribution < 1.29 is 22.0 Å². The van der Waals surface area contributed by atoms with Crippen molar-refractivity contribution in [1.29, 1.82) is 0 Å². The topological polar surface area (TPSA) is 17.8 Å². The van der Waals surface area contributed by atoms with Crippen LogP contribution in [0.5, 0.6) is 0 Å². The second-order valence-corrected chi connectivity index (χ2v) is 2.35. The lowest BCUT2D eigenvalue weighted by molar-refractivity contribution is -0.265. The summed E-state index contributed by atoms with van der Waals surface area (Å²) in [6.45, 7) is -2.42. The number of hydrogen-bond acceptors (Lipinski definition) is 1. The number of imidazole rings is 1. The van der Waals surface area contributed by atoms with E-state index in [2.05, 4.69) is 4.98 Å². The van der Waals surface area contributed by atoms with E-state index in [0.717, 1.165) is 6.20 Å². The Hall–Kier alpha value is -1.14. The van der Waals surface area contributed by atoms with E-state index in [9.17, 15) is 22.0 Å². The number of alkyl halides is 5. The van der Waals surface area contributed by atoms with Crippen LogP contribution in [0.2, 0.25) is 0 Å². The van der Waals surface area contributed by atoms with Crippen LogP contribution in [-0.4, -0.2) is 22.1 Å². The molecule has 1 heterocycles. The molecule has 0 radical (unpaired) electrons. The minimum absolute atomic E-state index is 0.132. The Morgan fingerprint density at radius 2 is 1.85 bits per heavy atom. The van der Waals surface area contributed by atoms with E-state index in [1.807, 2.05) is 0 Å². The van der Waals surface area contributed by atoms with Crippen LogP contribution in [0.4, 0.5) is 22.0 Å². The summed E-state index contributed by atoms with van der Waals surface area (Å²) >= 11 is 0. The van der Waals surface area contributed by atoms with E-state index < -0.39 is 18.6 Å². The molecule has 0 fully saturated rings. The average Bonchev–Trinajstić information content (AvgIpc) is 2.56. The Labute approximate surface area is 70.0 Å². The first-order valence-corrected chi connectivity index (χ1v) is 3.22. The number of nitrogens with zero attached hydrogens (tertiary/aromatic N) is 2. The van der Waals surface area contributed by atoms with Gasteiger partial charge in [-0.2, -0.15) is 17.6 Å². The van der Waals surface area contributed by atoms with E-state index in [1.165, 1.54) is 0 Å². The Morgan fingerprint density at radius 1 is 1.23 bits per heavy atom. The molecule has 0 aliphatic rings. The lowest BCUT2D eigenvalue weighted by Gasteiger charge is -2.24. The molecule has 0 bridgehead atoms. The number of rotatable bonds is 3. The van der Waals surface area contributed by atoms with Crippen molar-refractivity contribution in [2.24, 2.45) is 0 Å². The zero-order chi connectivity index (χ0) is 10.1. The minimum Gasteiger partial charge on any atom is -0.272 e. The van der Waals surface area contributed by atoms with Crippen LogP contribution < -0.4 is 0 Å². The van der Waals surface area contributed by atoms with Gasteiger partial charge in [0.1, 0.15) is 0 Å². The monoisotopic (exact) mass is 200 g/mol. The second-order valence-electron chi connectivity index (χ2n) is 2.35. The van der Waals surface area contributed by atoms with Gasteiger partial charge in [0, 0.05) is 12.4 Å². The third-order valence-corrected chi connectivity index (χ3v) is 1.44. The molecule has 0 N–H and O–H groups in total. The van der Waals surface area contributed by atoms with Crippen LogP contribution in [0.15, 0.2) is 18.7 Å². The van der Waals surface area contributed by atoms with Gasteiger partial charge in [0.05, 0.1) is 6.33 Å². The smallest absolute Gasteiger partial charge is 0.272 e. The highest BCUT2D eigenvalue weighted by molar-refractivity contribution is 4.87. The molecule has 0 aliphatic heterocycles. The van der Waals surface area contributed by atoms with Crippen LogP contribution >= 0.6 is 0 Å². The third kappa shape index (κ3) is 1.50. The number of hydrogen-bond donors (Lipinski definition) is 0. The molecule has 1 aromatic rings. The molecular formula is C6H5F5N2. The molecule has 1 aromatic heterocycles. The maximum absolute atomic E-state index is 12.7. The zero-order valence-corrected chi connectivity index (χ0v) is 6.22. The van der Waals surface area contributed by atoms with E-state index in [1.54, 1.807) is 0 Å². The molecular weight excluding hydrogens is 195 g/mol. The van der Waals surface area contributed by atoms with Gasteiger partial charge in [0.25, 0.3) is 0 Å². The highest BCUT2D eigenvalue weighted by atomic mass is 19.3. The van der Waals surface area contributed by atoms with Crippen LogP contribution in [0, 0.1) is 0 Å². The summed E-state index contributed by atoms with van der Waals surface area (Å²) in [6, 6.07) is -4.59. The Bertz CT molecular complexity index is 269. The van der Waals surface area contributed by atoms with Gasteiger partial charge in [-0.3, -0.25) is 4.57 Å². The summed E-state index contributed by atoms with van der Waals surface area (Å²) in [6.07, 6.45) is 2.05. The van der Waals surface area contributed by atoms with Crippen molar-refractivity contribution in [2.75, 3.05) is 6.67 Å². The zero-order valence-electron chi connectivity index (χ0n) is 6.22. The van der Waals surface area contributed by atoms with Crippen LogP contribution in [0.3, 0.4) is 0 Å². The van der Waals surface area contributed by atoms with Gasteiger partial charge in [-0.05, 0) is 0 Å². The number of aromatic nitrogens is 2. The third-order valence-electron chi connectivity index (χ3n) is 1.44. The maximum atomic E-state index is 12.7. The Morgan fingerprint density at radius 3 is 2.23 bits per heavy atom. The summed E-state index contributed by atoms with van der Waals surface area (Å²) in [5, 5.41) is 0. The summed E-state index contributed by atoms with van der Waals surface area (Å²) in [4.78, 5) is 3.16. The molecule has 74 valence electrons. The fourth-order valence-electron chi connectivity index (χ4n) is 0.695. The quantitative estimate of drug-likeness (QED) is 0.682. The highest BCUT2D eigenvalue weighted by Gasteiger charge is 2.58. The molecule has 1 rings (SSSR count). The predicted molar refractivity (Wildman–Crippen MR) is 33.3 cm³/mol. The van der Waals surface area contributed by atoms with Gasteiger partial charge in [0.2, 0.25) is 0 Å². The first-order chi connectivity index (χ1) is 5.92. The lowest BCUT2D eigenvalue weighted by atomic mass is 10.3. The van der Waals surface area contributed by atoms with Crippen molar-refractivity contribution in [2.45, 2.75) is 12.0 Å². The maximum Gasteiger partial charge on any atom is 0.395 e. The molecule has 13 heavy (non-hydrogen) atoms. The van der Waals surface area contributed by atoms with Gasteiger partial charge < -0.3 is 0 Å². The van der Waals surface area contributed by atoms with Crippen molar-refractivity contribution in [3.8, 4) is 0 Å². The Balaban J connectivity index is 3.02. The summed E-state index contributed by atoms with van der Waals surface area (Å²) < 4.78 is 61.5. The highest BCUT2D eigenvalue weighted by Crippen LogP contribution is 2.38. The van der Waals surface area contributed by atoms with Crippen molar-refractivity contribution in [3.63, 3.8) is 0 Å². The predicted octanol–water partition coefficient (Wildman–Crippen LogP) is 2.04. The Kier molecular flexibility index (Phi) is 2.27. The van der Waals surface area contributed by atoms with E-state index >= 15 is 0 Å². The van der Waals surface area contributed by atoms with Crippen molar-refractivity contribution in [3.05, 3.63) is 18.7 Å². The summed E-state index contributed by atoms with van der Waals surface area (Å²) in [7, 11) is 0. The first kappa shape index (κ1) is 9.94. The summed E-state index contributed by atoms with van der Waals surface area (Å²) in [5.41, 5.74) is 0. The van der Waals surface area contributed by atoms with Crippen molar-refractivity contribution >= 4 is 0 Å². The molecule has 0 aliphatic carbocycles. The van der Waals surface area contributed by atoms with Gasteiger partial charge >= 0.3 is 12.0 Å². The molecule has 0 saturated carbocycles. The molecule has 0 atom stereocenters. The molecule has 0 aromatic carbocycles. The fraction of sp³-hybridized carbons (Fsp3) is 0.500. The molecule has 0 saturated heterocycles. The van der Waals surface area contributed by atoms with Crippen LogP contribution in [-0.2, 0) is 6.05 Å². The minimum atomic E-state index is -4.71. The molecule has 2 nitrogen and oxygen atoms in total. The van der Waals surface area contributed by atoms with E-state index in [4.69, 9.17) is 0 Å². The first-order valence-electron chi connectivity index (χ1n) is 3.22. The van der Waals surface area contributed by atoms with E-state index in [-0.39, 0.29) is 4.57 Å². The van der Waals surface area contributed by atoms with Gasteiger partial charge in [-0.15, -0.1) is 0 Å². The SMILES string of the molecule is FCC(F)(F)C(F)(F)n1ccnc1. The van der Waals surface area contributed by atoms with Crippen LogP contribution in [0.25, 0.3) is 0 Å². The van der Waals surface area contributed by atoms with Crippen molar-refractivity contribution in [1.82, 2.24) is 9.55 Å². The lowest BCUT2D eigenvalue weighted by Crippen LogP contribution is -2.44. The molecule has 0 spiro atoms. The molecule has 7 heteroatoms. The standard InChI is InChI=1S/C6H5F5N2/c7-3-5(8,9)6(10,11)13-2-1-12-4-13/h1-2,4H,3H2. The largest absolute Gasteiger partial charge is 0.395 e. The molecule has 0 unspecified atom stereocenters. The fourth-order valence-corrected chi connectivity index (χ4v) is 0.695. The average molecular weight is 200 g/mol.